The maximum Gasteiger partial charge on any atom is 0.339 e. The van der Waals surface area contributed by atoms with Gasteiger partial charge in [0.2, 0.25) is 5.91 Å². The highest BCUT2D eigenvalue weighted by atomic mass is 16.5. The number of rotatable bonds is 3. The van der Waals surface area contributed by atoms with Gasteiger partial charge in [0.15, 0.2) is 0 Å². The molecular weight excluding hydrogens is 270 g/mol. The Bertz CT molecular complexity index is 543. The highest BCUT2D eigenvalue weighted by Crippen LogP contribution is 2.33. The first-order valence-corrected chi connectivity index (χ1v) is 7.09. The molecule has 0 saturated carbocycles. The second-order valence-corrected chi connectivity index (χ2v) is 5.46. The standard InChI is InChI=1S/C16H21NO4/c1-9-10(2)21-11(3)14(9)15(18)17-13-8-6-5-7-12(13)16(19)20-4/h5-11,14H,1-4H3,(H,17,18). The second kappa shape index (κ2) is 6.26. The summed E-state index contributed by atoms with van der Waals surface area (Å²) in [4.78, 5) is 24.2. The van der Waals surface area contributed by atoms with Crippen LogP contribution < -0.4 is 5.32 Å². The summed E-state index contributed by atoms with van der Waals surface area (Å²) >= 11 is 0. The van der Waals surface area contributed by atoms with E-state index < -0.39 is 5.97 Å². The van der Waals surface area contributed by atoms with Gasteiger partial charge in [-0.3, -0.25) is 4.79 Å². The summed E-state index contributed by atoms with van der Waals surface area (Å²) in [7, 11) is 1.32. The van der Waals surface area contributed by atoms with Crippen LogP contribution in [0.15, 0.2) is 24.3 Å². The molecule has 1 heterocycles. The summed E-state index contributed by atoms with van der Waals surface area (Å²) < 4.78 is 10.4. The van der Waals surface area contributed by atoms with Gasteiger partial charge in [-0.15, -0.1) is 0 Å². The smallest absolute Gasteiger partial charge is 0.339 e. The topological polar surface area (TPSA) is 64.6 Å². The van der Waals surface area contributed by atoms with Crippen LogP contribution >= 0.6 is 0 Å². The third-order valence-corrected chi connectivity index (χ3v) is 4.13. The van der Waals surface area contributed by atoms with Crippen molar-refractivity contribution in [2.24, 2.45) is 11.8 Å². The van der Waals surface area contributed by atoms with Crippen LogP contribution in [-0.4, -0.2) is 31.2 Å². The Hall–Kier alpha value is -1.88. The van der Waals surface area contributed by atoms with Crippen molar-refractivity contribution in [2.75, 3.05) is 12.4 Å². The Morgan fingerprint density at radius 3 is 2.38 bits per heavy atom. The van der Waals surface area contributed by atoms with E-state index in [0.717, 1.165) is 0 Å². The number of carbonyl (C=O) groups excluding carboxylic acids is 2. The molecule has 0 spiro atoms. The number of methoxy groups -OCH3 is 1. The predicted molar refractivity (Wildman–Crippen MR) is 79.1 cm³/mol. The normalized spacial score (nSPS) is 28.2. The molecule has 4 atom stereocenters. The summed E-state index contributed by atoms with van der Waals surface area (Å²) in [5.74, 6) is -0.699. The lowest BCUT2D eigenvalue weighted by Gasteiger charge is -2.18. The van der Waals surface area contributed by atoms with Gasteiger partial charge >= 0.3 is 5.97 Å². The monoisotopic (exact) mass is 291 g/mol. The summed E-state index contributed by atoms with van der Waals surface area (Å²) in [6.45, 7) is 5.87. The van der Waals surface area contributed by atoms with Crippen LogP contribution in [-0.2, 0) is 14.3 Å². The number of para-hydroxylation sites is 1. The Balaban J connectivity index is 2.19. The number of esters is 1. The molecule has 0 radical (unpaired) electrons. The molecule has 114 valence electrons. The summed E-state index contributed by atoms with van der Waals surface area (Å²) in [6, 6.07) is 6.82. The number of hydrogen-bond donors (Lipinski definition) is 1. The quantitative estimate of drug-likeness (QED) is 0.869. The van der Waals surface area contributed by atoms with E-state index in [4.69, 9.17) is 9.47 Å². The van der Waals surface area contributed by atoms with Gasteiger partial charge in [-0.2, -0.15) is 0 Å². The zero-order chi connectivity index (χ0) is 15.6. The highest BCUT2D eigenvalue weighted by molar-refractivity contribution is 6.02. The number of carbonyl (C=O) groups is 2. The predicted octanol–water partition coefficient (Wildman–Crippen LogP) is 2.47. The lowest BCUT2D eigenvalue weighted by molar-refractivity contribution is -0.121. The van der Waals surface area contributed by atoms with Crippen LogP contribution in [0.25, 0.3) is 0 Å². The molecular formula is C16H21NO4. The van der Waals surface area contributed by atoms with Crippen molar-refractivity contribution in [2.45, 2.75) is 33.0 Å². The van der Waals surface area contributed by atoms with Gasteiger partial charge in [0.1, 0.15) is 0 Å². The molecule has 5 heteroatoms. The van der Waals surface area contributed by atoms with Crippen LogP contribution in [0.3, 0.4) is 0 Å². The first kappa shape index (κ1) is 15.5. The zero-order valence-electron chi connectivity index (χ0n) is 12.8. The van der Waals surface area contributed by atoms with E-state index in [1.54, 1.807) is 24.3 Å². The molecule has 21 heavy (non-hydrogen) atoms. The second-order valence-electron chi connectivity index (χ2n) is 5.46. The first-order chi connectivity index (χ1) is 9.95. The molecule has 4 unspecified atom stereocenters. The molecule has 1 aromatic rings. The van der Waals surface area contributed by atoms with Crippen LogP contribution in [0.5, 0.6) is 0 Å². The fourth-order valence-corrected chi connectivity index (χ4v) is 2.81. The molecule has 0 bridgehead atoms. The van der Waals surface area contributed by atoms with E-state index in [0.29, 0.717) is 11.3 Å². The minimum atomic E-state index is -0.469. The van der Waals surface area contributed by atoms with Crippen molar-refractivity contribution in [1.29, 1.82) is 0 Å². The van der Waals surface area contributed by atoms with Gasteiger partial charge in [-0.05, 0) is 31.9 Å². The fourth-order valence-electron chi connectivity index (χ4n) is 2.81. The average Bonchev–Trinajstić information content (AvgIpc) is 2.71. The number of nitrogens with one attached hydrogen (secondary N) is 1. The van der Waals surface area contributed by atoms with Crippen LogP contribution in [0.4, 0.5) is 5.69 Å². The van der Waals surface area contributed by atoms with Crippen molar-refractivity contribution in [3.05, 3.63) is 29.8 Å². The van der Waals surface area contributed by atoms with Gasteiger partial charge in [0.05, 0.1) is 36.5 Å². The Kier molecular flexibility index (Phi) is 4.63. The third-order valence-electron chi connectivity index (χ3n) is 4.13. The zero-order valence-corrected chi connectivity index (χ0v) is 12.8. The van der Waals surface area contributed by atoms with Crippen LogP contribution in [0, 0.1) is 11.8 Å². The van der Waals surface area contributed by atoms with Gasteiger partial charge in [0.25, 0.3) is 0 Å². The van der Waals surface area contributed by atoms with E-state index in [1.807, 2.05) is 20.8 Å². The van der Waals surface area contributed by atoms with Crippen molar-refractivity contribution in [1.82, 2.24) is 0 Å². The molecule has 0 aromatic heterocycles. The van der Waals surface area contributed by atoms with Gasteiger partial charge < -0.3 is 14.8 Å². The lowest BCUT2D eigenvalue weighted by Crippen LogP contribution is -2.32. The van der Waals surface area contributed by atoms with Crippen molar-refractivity contribution in [3.63, 3.8) is 0 Å². The molecule has 1 aliphatic rings. The first-order valence-electron chi connectivity index (χ1n) is 7.09. The van der Waals surface area contributed by atoms with Crippen LogP contribution in [0.2, 0.25) is 0 Å². The van der Waals surface area contributed by atoms with E-state index in [-0.39, 0.29) is 30.0 Å². The summed E-state index contributed by atoms with van der Waals surface area (Å²) in [5, 5.41) is 2.83. The SMILES string of the molecule is COC(=O)c1ccccc1NC(=O)C1C(C)OC(C)C1C. The average molecular weight is 291 g/mol. The molecule has 1 N–H and O–H groups in total. The number of hydrogen-bond acceptors (Lipinski definition) is 4. The van der Waals surface area contributed by atoms with E-state index in [2.05, 4.69) is 5.32 Å². The number of ether oxygens (including phenoxy) is 2. The van der Waals surface area contributed by atoms with E-state index in [1.165, 1.54) is 7.11 Å². The van der Waals surface area contributed by atoms with Crippen molar-refractivity contribution in [3.8, 4) is 0 Å². The van der Waals surface area contributed by atoms with Crippen molar-refractivity contribution < 1.29 is 19.1 Å². The molecule has 2 rings (SSSR count). The molecule has 5 nitrogen and oxygen atoms in total. The summed E-state index contributed by atoms with van der Waals surface area (Å²) in [6.07, 6.45) is -0.0908. The Morgan fingerprint density at radius 1 is 1.14 bits per heavy atom. The van der Waals surface area contributed by atoms with Crippen molar-refractivity contribution >= 4 is 17.6 Å². The number of benzene rings is 1. The van der Waals surface area contributed by atoms with E-state index >= 15 is 0 Å². The Labute approximate surface area is 124 Å². The molecule has 0 aliphatic carbocycles. The lowest BCUT2D eigenvalue weighted by atomic mass is 9.88. The van der Waals surface area contributed by atoms with Gasteiger partial charge in [-0.1, -0.05) is 19.1 Å². The molecule has 1 fully saturated rings. The van der Waals surface area contributed by atoms with E-state index in [9.17, 15) is 9.59 Å². The molecule has 1 aliphatic heterocycles. The molecule has 1 saturated heterocycles. The van der Waals surface area contributed by atoms with Gasteiger partial charge in [-0.25, -0.2) is 4.79 Å². The Morgan fingerprint density at radius 2 is 1.81 bits per heavy atom. The fraction of sp³-hybridized carbons (Fsp3) is 0.500. The van der Waals surface area contributed by atoms with Crippen LogP contribution in [0.1, 0.15) is 31.1 Å². The largest absolute Gasteiger partial charge is 0.465 e. The minimum Gasteiger partial charge on any atom is -0.465 e. The molecule has 1 amide bonds. The number of anilines is 1. The number of amides is 1. The minimum absolute atomic E-state index is 0.0478. The summed E-state index contributed by atoms with van der Waals surface area (Å²) in [5.41, 5.74) is 0.814. The molecule has 1 aromatic carbocycles. The maximum atomic E-state index is 12.5. The highest BCUT2D eigenvalue weighted by Gasteiger charge is 2.41. The maximum absolute atomic E-state index is 12.5. The third kappa shape index (κ3) is 3.08. The van der Waals surface area contributed by atoms with Gasteiger partial charge in [0, 0.05) is 0 Å².